The fourth-order valence-electron chi connectivity index (χ4n) is 7.62. The number of aliphatic hydroxyl groups is 1. The Balaban J connectivity index is 0.000000342. The first kappa shape index (κ1) is 27.7. The molecule has 10 heteroatoms. The molecule has 4 aliphatic rings. The maximum Gasteiger partial charge on any atom is 0.371 e. The molecule has 2 N–H and O–H groups in total. The van der Waals surface area contributed by atoms with Gasteiger partial charge in [-0.15, -0.1) is 0 Å². The van der Waals surface area contributed by atoms with Gasteiger partial charge < -0.3 is 14.6 Å². The summed E-state index contributed by atoms with van der Waals surface area (Å²) in [5, 5.41) is 19.0. The predicted octanol–water partition coefficient (Wildman–Crippen LogP) is 5.33. The first-order chi connectivity index (χ1) is 17.3. The summed E-state index contributed by atoms with van der Waals surface area (Å²) in [7, 11) is 0. The third-order valence-corrected chi connectivity index (χ3v) is 9.80. The van der Waals surface area contributed by atoms with Gasteiger partial charge in [0.05, 0.1) is 12.4 Å². The van der Waals surface area contributed by atoms with Gasteiger partial charge in [0.1, 0.15) is 12.2 Å². The maximum atomic E-state index is 16.9. The molecule has 0 spiro atoms. The monoisotopic (exact) mass is 540 g/mol. The normalized spacial score (nSPS) is 42.0. The average molecular weight is 541 g/mol. The van der Waals surface area contributed by atoms with Crippen LogP contribution in [-0.2, 0) is 9.59 Å². The molecule has 202 valence electrons. The molecule has 0 aromatic carbocycles. The van der Waals surface area contributed by atoms with E-state index in [1.54, 1.807) is 6.92 Å². The highest BCUT2D eigenvalue weighted by Gasteiger charge is 2.73. The van der Waals surface area contributed by atoms with Gasteiger partial charge in [0.2, 0.25) is 5.76 Å². The van der Waals surface area contributed by atoms with Gasteiger partial charge in [-0.25, -0.2) is 18.0 Å². The number of carboxylic acids is 1. The van der Waals surface area contributed by atoms with Crippen LogP contribution in [0.2, 0.25) is 0 Å². The van der Waals surface area contributed by atoms with Crippen LogP contribution < -0.4 is 0 Å². The van der Waals surface area contributed by atoms with Crippen molar-refractivity contribution in [2.75, 3.05) is 6.01 Å². The SMILES string of the molecule is C[C@@H]1CC2C3C[C@H](F)C4=CC(=O)C=CC4(C)[C@@]3(F)C(O)CC2(C)C1C(=O)SCF.O=C(O)c1ccco1. The molecule has 1 aromatic heterocycles. The second kappa shape index (κ2) is 9.76. The van der Waals surface area contributed by atoms with Crippen molar-refractivity contribution in [3.63, 3.8) is 0 Å². The number of aliphatic hydroxyl groups excluding tert-OH is 1. The van der Waals surface area contributed by atoms with Gasteiger partial charge in [-0.2, -0.15) is 0 Å². The fraction of sp³-hybridized carbons (Fsp3) is 0.593. The van der Waals surface area contributed by atoms with E-state index in [-0.39, 0.29) is 46.9 Å². The summed E-state index contributed by atoms with van der Waals surface area (Å²) in [5.41, 5.74) is -4.17. The first-order valence-corrected chi connectivity index (χ1v) is 13.3. The van der Waals surface area contributed by atoms with Crippen LogP contribution in [-0.4, -0.2) is 51.0 Å². The smallest absolute Gasteiger partial charge is 0.371 e. The van der Waals surface area contributed by atoms with Crippen LogP contribution in [0.5, 0.6) is 0 Å². The van der Waals surface area contributed by atoms with Gasteiger partial charge in [-0.1, -0.05) is 31.7 Å². The molecule has 5 rings (SSSR count). The molecular formula is C27H31F3O6S. The van der Waals surface area contributed by atoms with Crippen molar-refractivity contribution in [1.29, 1.82) is 0 Å². The van der Waals surface area contributed by atoms with Gasteiger partial charge in [-0.3, -0.25) is 9.59 Å². The number of fused-ring (bicyclic) bond motifs is 5. The van der Waals surface area contributed by atoms with E-state index in [1.165, 1.54) is 36.6 Å². The number of rotatable bonds is 3. The third kappa shape index (κ3) is 4.20. The lowest BCUT2D eigenvalue weighted by Gasteiger charge is -2.62. The summed E-state index contributed by atoms with van der Waals surface area (Å²) in [5.74, 6) is -3.12. The molecular weight excluding hydrogens is 509 g/mol. The number of carbonyl (C=O) groups excluding carboxylic acids is 2. The van der Waals surface area contributed by atoms with Crippen LogP contribution in [0.25, 0.3) is 0 Å². The molecule has 37 heavy (non-hydrogen) atoms. The number of hydrogen-bond donors (Lipinski definition) is 2. The molecule has 1 heterocycles. The number of alkyl halides is 3. The minimum atomic E-state index is -2.13. The first-order valence-electron chi connectivity index (χ1n) is 12.3. The quantitative estimate of drug-likeness (QED) is 0.534. The standard InChI is InChI=1S/C22H27F3O3S.C5H4O3/c1-11-6-13-14-8-16(24)15-7-12(26)4-5-21(15,3)22(14,25)17(27)9-20(13,2)18(11)19(28)29-10-23;6-5(7)4-2-1-3-8-4/h4-5,7,11,13-14,16-18,27H,6,8-10H2,1-3H3;1-3H,(H,6,7)/t11-,13?,14?,16+,17?,18?,20?,21?,22+;/m1./s1. The summed E-state index contributed by atoms with van der Waals surface area (Å²) < 4.78 is 49.4. The molecule has 0 bridgehead atoms. The number of allylic oxidation sites excluding steroid dienone is 4. The van der Waals surface area contributed by atoms with Crippen molar-refractivity contribution in [2.45, 2.75) is 58.0 Å². The van der Waals surface area contributed by atoms with Gasteiger partial charge in [0.15, 0.2) is 16.6 Å². The van der Waals surface area contributed by atoms with Crippen molar-refractivity contribution in [3.05, 3.63) is 48.0 Å². The zero-order chi connectivity index (χ0) is 27.3. The molecule has 0 amide bonds. The fourth-order valence-corrected chi connectivity index (χ4v) is 8.41. The van der Waals surface area contributed by atoms with Gasteiger partial charge in [-0.05, 0) is 73.3 Å². The number of carboxylic acid groups (broad SMARTS) is 1. The number of thioether (sulfide) groups is 1. The van der Waals surface area contributed by atoms with E-state index >= 15 is 8.78 Å². The van der Waals surface area contributed by atoms with Gasteiger partial charge >= 0.3 is 5.97 Å². The van der Waals surface area contributed by atoms with Gasteiger partial charge in [0.25, 0.3) is 0 Å². The van der Waals surface area contributed by atoms with Crippen molar-refractivity contribution < 1.29 is 42.2 Å². The average Bonchev–Trinajstić information content (AvgIpc) is 3.44. The Labute approximate surface area is 217 Å². The van der Waals surface area contributed by atoms with Crippen molar-refractivity contribution in [3.8, 4) is 0 Å². The van der Waals surface area contributed by atoms with Crippen molar-refractivity contribution in [1.82, 2.24) is 0 Å². The number of furan rings is 1. The Morgan fingerprint density at radius 1 is 1.24 bits per heavy atom. The maximum absolute atomic E-state index is 16.9. The summed E-state index contributed by atoms with van der Waals surface area (Å²) in [6.07, 6.45) is 2.73. The lowest BCUT2D eigenvalue weighted by Crippen LogP contribution is -2.68. The zero-order valence-electron chi connectivity index (χ0n) is 20.8. The summed E-state index contributed by atoms with van der Waals surface area (Å²) in [6.45, 7) is 5.33. The van der Waals surface area contributed by atoms with Crippen molar-refractivity contribution >= 4 is 28.6 Å². The van der Waals surface area contributed by atoms with E-state index in [4.69, 9.17) is 5.11 Å². The summed E-state index contributed by atoms with van der Waals surface area (Å²) in [4.78, 5) is 34.5. The topological polar surface area (TPSA) is 105 Å². The molecule has 3 fully saturated rings. The highest BCUT2D eigenvalue weighted by molar-refractivity contribution is 8.13. The second-order valence-electron chi connectivity index (χ2n) is 11.0. The Morgan fingerprint density at radius 3 is 2.51 bits per heavy atom. The highest BCUT2D eigenvalue weighted by atomic mass is 32.2. The molecule has 4 aliphatic carbocycles. The van der Waals surface area contributed by atoms with Crippen LogP contribution in [0.4, 0.5) is 13.2 Å². The molecule has 1 aromatic rings. The van der Waals surface area contributed by atoms with E-state index in [1.807, 2.05) is 13.8 Å². The minimum Gasteiger partial charge on any atom is -0.475 e. The summed E-state index contributed by atoms with van der Waals surface area (Å²) in [6, 6.07) is 2.10. The molecule has 6 unspecified atom stereocenters. The minimum absolute atomic E-state index is 0.0231. The van der Waals surface area contributed by atoms with E-state index in [0.29, 0.717) is 18.2 Å². The number of ketones is 1. The largest absolute Gasteiger partial charge is 0.475 e. The van der Waals surface area contributed by atoms with Crippen LogP contribution >= 0.6 is 11.8 Å². The van der Waals surface area contributed by atoms with Crippen molar-refractivity contribution in [2.24, 2.45) is 34.5 Å². The molecule has 0 saturated heterocycles. The van der Waals surface area contributed by atoms with Crippen LogP contribution in [0.1, 0.15) is 50.6 Å². The predicted molar refractivity (Wildman–Crippen MR) is 131 cm³/mol. The Morgan fingerprint density at radius 2 is 1.95 bits per heavy atom. The number of hydrogen-bond acceptors (Lipinski definition) is 6. The highest BCUT2D eigenvalue weighted by Crippen LogP contribution is 2.70. The van der Waals surface area contributed by atoms with E-state index < -0.39 is 52.6 Å². The molecule has 0 aliphatic heterocycles. The van der Waals surface area contributed by atoms with Gasteiger partial charge in [0, 0.05) is 17.3 Å². The number of carbonyl (C=O) groups is 3. The molecule has 0 radical (unpaired) electrons. The third-order valence-electron chi connectivity index (χ3n) is 9.15. The summed E-state index contributed by atoms with van der Waals surface area (Å²) >= 11 is 0.622. The zero-order valence-corrected chi connectivity index (χ0v) is 21.6. The number of halogens is 3. The van der Waals surface area contributed by atoms with Crippen LogP contribution in [0.3, 0.4) is 0 Å². The lowest BCUT2D eigenvalue weighted by atomic mass is 9.45. The van der Waals surface area contributed by atoms with E-state index in [0.717, 1.165) is 0 Å². The van der Waals surface area contributed by atoms with Crippen LogP contribution in [0, 0.1) is 34.5 Å². The van der Waals surface area contributed by atoms with E-state index in [2.05, 4.69) is 4.42 Å². The molecule has 3 saturated carbocycles. The Kier molecular flexibility index (Phi) is 7.31. The molecule has 6 nitrogen and oxygen atoms in total. The molecule has 9 atom stereocenters. The second-order valence-corrected chi connectivity index (χ2v) is 11.9. The lowest BCUT2D eigenvalue weighted by molar-refractivity contribution is -0.201. The van der Waals surface area contributed by atoms with E-state index in [9.17, 15) is 23.9 Å². The Bertz CT molecular complexity index is 1140. The number of aromatic carboxylic acids is 1. The van der Waals surface area contributed by atoms with Crippen LogP contribution in [0.15, 0.2) is 46.6 Å². The Hall–Kier alpha value is -2.33.